The Hall–Kier alpha value is -1.14. The van der Waals surface area contributed by atoms with E-state index in [0.29, 0.717) is 5.69 Å². The highest BCUT2D eigenvalue weighted by atomic mass is 32.1. The zero-order valence-corrected chi connectivity index (χ0v) is 13.4. The number of carbonyl (C=O) groups excluding carboxylic acids is 1. The molecule has 6 heteroatoms. The molecule has 2 saturated heterocycles. The molecule has 0 amide bonds. The van der Waals surface area contributed by atoms with Crippen molar-refractivity contribution in [1.82, 2.24) is 9.88 Å². The summed E-state index contributed by atoms with van der Waals surface area (Å²) >= 11 is 1.54. The summed E-state index contributed by atoms with van der Waals surface area (Å²) in [5.74, 6) is -0.347. The Labute approximate surface area is 129 Å². The normalized spacial score (nSPS) is 21.5. The van der Waals surface area contributed by atoms with E-state index in [0.717, 1.165) is 24.3 Å². The van der Waals surface area contributed by atoms with Crippen LogP contribution in [0.15, 0.2) is 5.38 Å². The Morgan fingerprint density at radius 3 is 2.62 bits per heavy atom. The SMILES string of the molecule is COC(=O)c1csc(N2CCC(N3CCCCC3)CC2)n1. The van der Waals surface area contributed by atoms with Gasteiger partial charge in [0.1, 0.15) is 0 Å². The third-order valence-corrected chi connectivity index (χ3v) is 5.43. The average molecular weight is 309 g/mol. The molecule has 0 aliphatic carbocycles. The van der Waals surface area contributed by atoms with E-state index in [1.807, 2.05) is 0 Å². The highest BCUT2D eigenvalue weighted by molar-refractivity contribution is 7.13. The summed E-state index contributed by atoms with van der Waals surface area (Å²) < 4.78 is 4.71. The van der Waals surface area contributed by atoms with Crippen LogP contribution in [0.2, 0.25) is 0 Å². The van der Waals surface area contributed by atoms with Gasteiger partial charge >= 0.3 is 5.97 Å². The van der Waals surface area contributed by atoms with Gasteiger partial charge in [0.25, 0.3) is 0 Å². The van der Waals surface area contributed by atoms with E-state index in [4.69, 9.17) is 4.74 Å². The van der Waals surface area contributed by atoms with Gasteiger partial charge in [0, 0.05) is 24.5 Å². The van der Waals surface area contributed by atoms with Crippen LogP contribution >= 0.6 is 11.3 Å². The molecule has 21 heavy (non-hydrogen) atoms. The van der Waals surface area contributed by atoms with Crippen molar-refractivity contribution in [3.05, 3.63) is 11.1 Å². The predicted molar refractivity (Wildman–Crippen MR) is 84.1 cm³/mol. The van der Waals surface area contributed by atoms with E-state index in [1.165, 1.54) is 63.6 Å². The summed E-state index contributed by atoms with van der Waals surface area (Å²) in [7, 11) is 1.39. The molecule has 2 aliphatic rings. The van der Waals surface area contributed by atoms with Gasteiger partial charge in [-0.1, -0.05) is 6.42 Å². The second kappa shape index (κ2) is 6.75. The fourth-order valence-electron chi connectivity index (χ4n) is 3.31. The predicted octanol–water partition coefficient (Wildman–Crippen LogP) is 2.38. The van der Waals surface area contributed by atoms with E-state index >= 15 is 0 Å². The summed E-state index contributed by atoms with van der Waals surface area (Å²) in [6.07, 6.45) is 6.51. The minimum Gasteiger partial charge on any atom is -0.464 e. The van der Waals surface area contributed by atoms with Gasteiger partial charge in [-0.15, -0.1) is 11.3 Å². The highest BCUT2D eigenvalue weighted by Gasteiger charge is 2.27. The maximum Gasteiger partial charge on any atom is 0.357 e. The van der Waals surface area contributed by atoms with Gasteiger partial charge in [-0.3, -0.25) is 0 Å². The number of aromatic nitrogens is 1. The quantitative estimate of drug-likeness (QED) is 0.802. The molecule has 0 N–H and O–H groups in total. The van der Waals surface area contributed by atoms with Crippen molar-refractivity contribution >= 4 is 22.4 Å². The first kappa shape index (κ1) is 14.8. The van der Waals surface area contributed by atoms with Crippen molar-refractivity contribution in [3.63, 3.8) is 0 Å². The lowest BCUT2D eigenvalue weighted by atomic mass is 10.0. The van der Waals surface area contributed by atoms with Crippen LogP contribution in [0.4, 0.5) is 5.13 Å². The van der Waals surface area contributed by atoms with Crippen LogP contribution in [-0.4, -0.2) is 55.2 Å². The van der Waals surface area contributed by atoms with Crippen molar-refractivity contribution in [2.24, 2.45) is 0 Å². The first-order valence-corrected chi connectivity index (χ1v) is 8.69. The number of methoxy groups -OCH3 is 1. The van der Waals surface area contributed by atoms with Crippen molar-refractivity contribution in [2.45, 2.75) is 38.1 Å². The molecule has 116 valence electrons. The molecular formula is C15H23N3O2S. The lowest BCUT2D eigenvalue weighted by Crippen LogP contribution is -2.46. The number of thiazole rings is 1. The number of ether oxygens (including phenoxy) is 1. The van der Waals surface area contributed by atoms with Crippen molar-refractivity contribution in [3.8, 4) is 0 Å². The summed E-state index contributed by atoms with van der Waals surface area (Å²) in [6, 6.07) is 0.738. The molecule has 0 aromatic carbocycles. The number of piperidine rings is 2. The van der Waals surface area contributed by atoms with Gasteiger partial charge in [-0.05, 0) is 38.8 Å². The van der Waals surface area contributed by atoms with E-state index in [1.54, 1.807) is 5.38 Å². The smallest absolute Gasteiger partial charge is 0.357 e. The zero-order valence-electron chi connectivity index (χ0n) is 12.6. The van der Waals surface area contributed by atoms with Gasteiger partial charge in [0.2, 0.25) is 0 Å². The standard InChI is InChI=1S/C15H23N3O2S/c1-20-14(19)13-11-21-15(16-13)18-9-5-12(6-10-18)17-7-3-2-4-8-17/h11-12H,2-10H2,1H3. The molecule has 0 bridgehead atoms. The van der Waals surface area contributed by atoms with Crippen LogP contribution in [-0.2, 0) is 4.74 Å². The molecule has 2 aliphatic heterocycles. The number of nitrogens with zero attached hydrogens (tertiary/aromatic N) is 3. The Balaban J connectivity index is 1.55. The van der Waals surface area contributed by atoms with Crippen LogP contribution in [0.5, 0.6) is 0 Å². The number of esters is 1. The van der Waals surface area contributed by atoms with Gasteiger partial charge in [-0.2, -0.15) is 0 Å². The third kappa shape index (κ3) is 3.37. The summed E-state index contributed by atoms with van der Waals surface area (Å²) in [4.78, 5) is 20.8. The van der Waals surface area contributed by atoms with E-state index in [-0.39, 0.29) is 5.97 Å². The number of likely N-dealkylation sites (tertiary alicyclic amines) is 1. The molecule has 5 nitrogen and oxygen atoms in total. The number of hydrogen-bond acceptors (Lipinski definition) is 6. The minimum absolute atomic E-state index is 0.347. The lowest BCUT2D eigenvalue weighted by molar-refractivity contribution is 0.0595. The maximum absolute atomic E-state index is 11.5. The maximum atomic E-state index is 11.5. The molecule has 1 aromatic heterocycles. The highest BCUT2D eigenvalue weighted by Crippen LogP contribution is 2.27. The first-order chi connectivity index (χ1) is 10.3. The van der Waals surface area contributed by atoms with Gasteiger partial charge in [-0.25, -0.2) is 9.78 Å². The molecule has 0 radical (unpaired) electrons. The van der Waals surface area contributed by atoms with E-state index in [9.17, 15) is 4.79 Å². The van der Waals surface area contributed by atoms with Crippen LogP contribution in [0.3, 0.4) is 0 Å². The topological polar surface area (TPSA) is 45.7 Å². The minimum atomic E-state index is -0.347. The largest absolute Gasteiger partial charge is 0.464 e. The molecule has 0 atom stereocenters. The molecule has 3 rings (SSSR count). The Kier molecular flexibility index (Phi) is 4.75. The van der Waals surface area contributed by atoms with Crippen molar-refractivity contribution < 1.29 is 9.53 Å². The molecule has 0 unspecified atom stereocenters. The number of rotatable bonds is 3. The second-order valence-corrected chi connectivity index (χ2v) is 6.66. The Bertz CT molecular complexity index is 477. The van der Waals surface area contributed by atoms with Crippen molar-refractivity contribution in [1.29, 1.82) is 0 Å². The van der Waals surface area contributed by atoms with Gasteiger partial charge in [0.05, 0.1) is 7.11 Å². The second-order valence-electron chi connectivity index (χ2n) is 5.82. The number of anilines is 1. The number of carbonyl (C=O) groups is 1. The molecule has 1 aromatic rings. The summed E-state index contributed by atoms with van der Waals surface area (Å²) in [6.45, 7) is 4.62. The first-order valence-electron chi connectivity index (χ1n) is 7.81. The Morgan fingerprint density at radius 2 is 1.95 bits per heavy atom. The lowest BCUT2D eigenvalue weighted by Gasteiger charge is -2.40. The summed E-state index contributed by atoms with van der Waals surface area (Å²) in [5.41, 5.74) is 0.427. The molecular weight excluding hydrogens is 286 g/mol. The number of hydrogen-bond donors (Lipinski definition) is 0. The van der Waals surface area contributed by atoms with Crippen molar-refractivity contribution in [2.75, 3.05) is 38.2 Å². The average Bonchev–Trinajstić information content (AvgIpc) is 3.05. The fourth-order valence-corrected chi connectivity index (χ4v) is 4.16. The third-order valence-electron chi connectivity index (χ3n) is 4.53. The molecule has 0 saturated carbocycles. The fraction of sp³-hybridized carbons (Fsp3) is 0.733. The molecule has 2 fully saturated rings. The monoisotopic (exact) mass is 309 g/mol. The van der Waals surface area contributed by atoms with Crippen LogP contribution < -0.4 is 4.90 Å². The van der Waals surface area contributed by atoms with E-state index in [2.05, 4.69) is 14.8 Å². The van der Waals surface area contributed by atoms with Crippen LogP contribution in [0, 0.1) is 0 Å². The summed E-state index contributed by atoms with van der Waals surface area (Å²) in [5, 5.41) is 2.74. The van der Waals surface area contributed by atoms with Crippen LogP contribution in [0.1, 0.15) is 42.6 Å². The molecule has 0 spiro atoms. The van der Waals surface area contributed by atoms with Crippen LogP contribution in [0.25, 0.3) is 0 Å². The van der Waals surface area contributed by atoms with E-state index < -0.39 is 0 Å². The van der Waals surface area contributed by atoms with Gasteiger partial charge in [0.15, 0.2) is 10.8 Å². The van der Waals surface area contributed by atoms with Gasteiger partial charge < -0.3 is 14.5 Å². The molecule has 3 heterocycles. The Morgan fingerprint density at radius 1 is 1.24 bits per heavy atom. The zero-order chi connectivity index (χ0) is 14.7.